The van der Waals surface area contributed by atoms with Crippen LogP contribution in [0.15, 0.2) is 5.10 Å². The van der Waals surface area contributed by atoms with Gasteiger partial charge in [-0.05, 0) is 12.3 Å². The van der Waals surface area contributed by atoms with Crippen LogP contribution in [0, 0.1) is 5.92 Å². The fourth-order valence-electron chi connectivity index (χ4n) is 2.34. The zero-order valence-corrected chi connectivity index (χ0v) is 12.5. The summed E-state index contributed by atoms with van der Waals surface area (Å²) in [5.41, 5.74) is 0. The number of nitrogens with zero attached hydrogens (tertiary/aromatic N) is 3. The highest BCUT2D eigenvalue weighted by Gasteiger charge is 2.64. The van der Waals surface area contributed by atoms with Crippen molar-refractivity contribution in [3.8, 4) is 0 Å². The van der Waals surface area contributed by atoms with Crippen molar-refractivity contribution < 1.29 is 22.0 Å². The molecule has 0 aromatic carbocycles. The Morgan fingerprint density at radius 2 is 1.71 bits per heavy atom. The van der Waals surface area contributed by atoms with Gasteiger partial charge in [0.05, 0.1) is 0 Å². The minimum Gasteiger partial charge on any atom is -0.273 e. The van der Waals surface area contributed by atoms with E-state index in [1.54, 1.807) is 13.8 Å². The quantitative estimate of drug-likeness (QED) is 0.397. The maximum Gasteiger partial charge on any atom is 0.475 e. The van der Waals surface area contributed by atoms with E-state index in [4.69, 9.17) is 0 Å². The second-order valence-corrected chi connectivity index (χ2v) is 5.56. The molecule has 0 radical (unpaired) electrons. The van der Waals surface area contributed by atoms with Gasteiger partial charge in [-0.1, -0.05) is 40.0 Å². The number of alkyl halides is 5. The molecule has 0 spiro atoms. The lowest BCUT2D eigenvalue weighted by Crippen LogP contribution is -2.58. The predicted octanol–water partition coefficient (Wildman–Crippen LogP) is 4.26. The van der Waals surface area contributed by atoms with Crippen LogP contribution in [-0.2, 0) is 0 Å². The SMILES string of the molecule is CCCCCCN1N=CN(C(F)(F)C(F)(F)F)C1C(C)C. The molecule has 0 fully saturated rings. The largest absolute Gasteiger partial charge is 0.475 e. The highest BCUT2D eigenvalue weighted by molar-refractivity contribution is 5.58. The van der Waals surface area contributed by atoms with Crippen molar-refractivity contribution in [3.63, 3.8) is 0 Å². The van der Waals surface area contributed by atoms with Gasteiger partial charge in [-0.2, -0.15) is 27.1 Å². The number of hydrogen-bond acceptors (Lipinski definition) is 3. The Labute approximate surface area is 121 Å². The normalized spacial score (nSPS) is 20.0. The molecule has 124 valence electrons. The van der Waals surface area contributed by atoms with Crippen LogP contribution < -0.4 is 0 Å². The van der Waals surface area contributed by atoms with E-state index < -0.39 is 24.3 Å². The van der Waals surface area contributed by atoms with Crippen molar-refractivity contribution in [2.45, 2.75) is 64.8 Å². The van der Waals surface area contributed by atoms with E-state index in [1.807, 2.05) is 6.92 Å². The molecule has 1 rings (SSSR count). The van der Waals surface area contributed by atoms with Gasteiger partial charge in [-0.25, -0.2) is 0 Å². The van der Waals surface area contributed by atoms with Gasteiger partial charge in [0.1, 0.15) is 12.5 Å². The molecule has 1 atom stereocenters. The number of hydrazone groups is 1. The average Bonchev–Trinajstić information content (AvgIpc) is 2.77. The average molecular weight is 315 g/mol. The summed E-state index contributed by atoms with van der Waals surface area (Å²) in [6.07, 6.45) is -2.43. The Morgan fingerprint density at radius 1 is 1.10 bits per heavy atom. The van der Waals surface area contributed by atoms with Crippen LogP contribution in [0.3, 0.4) is 0 Å². The van der Waals surface area contributed by atoms with Gasteiger partial charge in [0.15, 0.2) is 0 Å². The van der Waals surface area contributed by atoms with Crippen molar-refractivity contribution >= 4 is 6.34 Å². The van der Waals surface area contributed by atoms with Crippen molar-refractivity contribution in [1.29, 1.82) is 0 Å². The molecular formula is C13H22F5N3. The van der Waals surface area contributed by atoms with Gasteiger partial charge < -0.3 is 0 Å². The molecule has 0 aromatic heterocycles. The first-order valence-electron chi connectivity index (χ1n) is 7.16. The Hall–Kier alpha value is -1.08. The molecule has 0 amide bonds. The van der Waals surface area contributed by atoms with Crippen LogP contribution in [0.5, 0.6) is 0 Å². The van der Waals surface area contributed by atoms with Crippen molar-refractivity contribution in [2.24, 2.45) is 11.0 Å². The molecule has 0 bridgehead atoms. The van der Waals surface area contributed by atoms with E-state index in [-0.39, 0.29) is 4.90 Å². The minimum absolute atomic E-state index is 0.0253. The van der Waals surface area contributed by atoms with Crippen molar-refractivity contribution in [1.82, 2.24) is 9.91 Å². The fourth-order valence-corrected chi connectivity index (χ4v) is 2.34. The molecule has 0 aliphatic carbocycles. The molecule has 1 heterocycles. The molecule has 0 N–H and O–H groups in total. The van der Waals surface area contributed by atoms with Crippen molar-refractivity contribution in [3.05, 3.63) is 0 Å². The summed E-state index contributed by atoms with van der Waals surface area (Å²) < 4.78 is 64.7. The molecule has 8 heteroatoms. The van der Waals surface area contributed by atoms with E-state index in [2.05, 4.69) is 5.10 Å². The van der Waals surface area contributed by atoms with Gasteiger partial charge in [0.2, 0.25) is 0 Å². The molecule has 1 aliphatic rings. The van der Waals surface area contributed by atoms with Gasteiger partial charge in [0, 0.05) is 6.54 Å². The van der Waals surface area contributed by atoms with Gasteiger partial charge in [-0.3, -0.25) is 9.91 Å². The molecular weight excluding hydrogens is 293 g/mol. The molecule has 0 saturated heterocycles. The Kier molecular flexibility index (Phi) is 5.81. The van der Waals surface area contributed by atoms with Crippen LogP contribution in [0.4, 0.5) is 22.0 Å². The number of halogens is 5. The third kappa shape index (κ3) is 3.97. The number of rotatable bonds is 7. The van der Waals surface area contributed by atoms with E-state index in [0.29, 0.717) is 12.9 Å². The third-order valence-electron chi connectivity index (χ3n) is 3.42. The summed E-state index contributed by atoms with van der Waals surface area (Å²) in [7, 11) is 0. The summed E-state index contributed by atoms with van der Waals surface area (Å²) in [6.45, 7) is 5.63. The highest BCUT2D eigenvalue weighted by Crippen LogP contribution is 2.41. The maximum atomic E-state index is 13.5. The summed E-state index contributed by atoms with van der Waals surface area (Å²) in [6, 6.07) is -4.91. The summed E-state index contributed by atoms with van der Waals surface area (Å²) in [5, 5.41) is 5.08. The first kappa shape index (κ1) is 18.0. The van der Waals surface area contributed by atoms with E-state index in [0.717, 1.165) is 25.7 Å². The lowest BCUT2D eigenvalue weighted by Gasteiger charge is -2.38. The zero-order chi connectivity index (χ0) is 16.3. The lowest BCUT2D eigenvalue weighted by molar-refractivity contribution is -0.335. The van der Waals surface area contributed by atoms with E-state index in [1.165, 1.54) is 5.01 Å². The standard InChI is InChI=1S/C13H22F5N3/c1-4-5-6-7-8-21-11(10(2)3)20(9-19-21)13(17,18)12(14,15)16/h9-11H,4-8H2,1-3H3. The first-order chi connectivity index (χ1) is 9.63. The predicted molar refractivity (Wildman–Crippen MR) is 70.8 cm³/mol. The Bertz CT molecular complexity index is 354. The summed E-state index contributed by atoms with van der Waals surface area (Å²) in [4.78, 5) is 0.0253. The zero-order valence-electron chi connectivity index (χ0n) is 12.5. The maximum absolute atomic E-state index is 13.5. The second kappa shape index (κ2) is 6.79. The topological polar surface area (TPSA) is 18.8 Å². The Morgan fingerprint density at radius 3 is 2.19 bits per heavy atom. The molecule has 1 aliphatic heterocycles. The minimum atomic E-state index is -5.62. The molecule has 3 nitrogen and oxygen atoms in total. The molecule has 21 heavy (non-hydrogen) atoms. The Balaban J connectivity index is 2.78. The van der Waals surface area contributed by atoms with Crippen LogP contribution in [-0.4, -0.2) is 41.2 Å². The summed E-state index contributed by atoms with van der Waals surface area (Å²) in [5.74, 6) is -0.410. The van der Waals surface area contributed by atoms with Crippen molar-refractivity contribution in [2.75, 3.05) is 6.54 Å². The highest BCUT2D eigenvalue weighted by atomic mass is 19.4. The summed E-state index contributed by atoms with van der Waals surface area (Å²) >= 11 is 0. The number of hydrogen-bond donors (Lipinski definition) is 0. The van der Waals surface area contributed by atoms with Gasteiger partial charge in [-0.15, -0.1) is 0 Å². The molecule has 0 aromatic rings. The number of unbranched alkanes of at least 4 members (excludes halogenated alkanes) is 3. The van der Waals surface area contributed by atoms with Crippen LogP contribution in [0.2, 0.25) is 0 Å². The van der Waals surface area contributed by atoms with Crippen LogP contribution in [0.1, 0.15) is 46.5 Å². The lowest BCUT2D eigenvalue weighted by atomic mass is 10.1. The van der Waals surface area contributed by atoms with Crippen LogP contribution in [0.25, 0.3) is 0 Å². The van der Waals surface area contributed by atoms with Crippen LogP contribution >= 0.6 is 0 Å². The van der Waals surface area contributed by atoms with Gasteiger partial charge >= 0.3 is 12.2 Å². The molecule has 1 unspecified atom stereocenters. The fraction of sp³-hybridized carbons (Fsp3) is 0.923. The smallest absolute Gasteiger partial charge is 0.273 e. The second-order valence-electron chi connectivity index (χ2n) is 5.56. The van der Waals surface area contributed by atoms with Gasteiger partial charge in [0.25, 0.3) is 0 Å². The third-order valence-corrected chi connectivity index (χ3v) is 3.42. The first-order valence-corrected chi connectivity index (χ1v) is 7.16. The monoisotopic (exact) mass is 315 g/mol. The molecule has 0 saturated carbocycles. The van der Waals surface area contributed by atoms with E-state index in [9.17, 15) is 22.0 Å². The van der Waals surface area contributed by atoms with E-state index >= 15 is 0 Å².